The molecule has 0 aliphatic carbocycles. The third-order valence-corrected chi connectivity index (χ3v) is 5.76. The van der Waals surface area contributed by atoms with Crippen LogP contribution >= 0.6 is 0 Å². The number of pyridine rings is 1. The summed E-state index contributed by atoms with van der Waals surface area (Å²) in [6, 6.07) is 14.9. The second-order valence-corrected chi connectivity index (χ2v) is 8.16. The summed E-state index contributed by atoms with van der Waals surface area (Å²) in [5.74, 6) is 0.562. The molecule has 0 saturated heterocycles. The van der Waals surface area contributed by atoms with Gasteiger partial charge in [-0.15, -0.1) is 0 Å². The van der Waals surface area contributed by atoms with Gasteiger partial charge < -0.3 is 19.5 Å². The van der Waals surface area contributed by atoms with Gasteiger partial charge in [-0.1, -0.05) is 30.3 Å². The quantitative estimate of drug-likeness (QED) is 0.438. The number of carbonyl (C=O) groups excluding carboxylic acids is 2. The molecule has 1 unspecified atom stereocenters. The van der Waals surface area contributed by atoms with Crippen molar-refractivity contribution >= 4 is 28.6 Å². The van der Waals surface area contributed by atoms with E-state index in [-0.39, 0.29) is 24.6 Å². The maximum atomic E-state index is 13.2. The molecule has 4 aromatic rings. The van der Waals surface area contributed by atoms with Gasteiger partial charge in [-0.25, -0.2) is 9.78 Å². The Balaban J connectivity index is 1.53. The lowest BCUT2D eigenvalue weighted by Gasteiger charge is -2.25. The molecule has 0 spiro atoms. The van der Waals surface area contributed by atoms with Crippen molar-refractivity contribution in [1.82, 2.24) is 14.8 Å². The molecule has 0 radical (unpaired) electrons. The molecular formula is C26H24N4O5. The first-order valence-electron chi connectivity index (χ1n) is 11.3. The summed E-state index contributed by atoms with van der Waals surface area (Å²) in [7, 11) is 0. The van der Waals surface area contributed by atoms with E-state index in [4.69, 9.17) is 19.2 Å². The molecule has 9 nitrogen and oxygen atoms in total. The van der Waals surface area contributed by atoms with Gasteiger partial charge in [0.15, 0.2) is 23.1 Å². The third-order valence-electron chi connectivity index (χ3n) is 5.76. The fourth-order valence-electron chi connectivity index (χ4n) is 4.00. The van der Waals surface area contributed by atoms with Gasteiger partial charge in [0.1, 0.15) is 12.2 Å². The summed E-state index contributed by atoms with van der Waals surface area (Å²) in [6.45, 7) is 5.87. The molecule has 5 rings (SSSR count). The van der Waals surface area contributed by atoms with E-state index in [9.17, 15) is 9.59 Å². The molecule has 3 heterocycles. The number of benzene rings is 2. The van der Waals surface area contributed by atoms with Crippen molar-refractivity contribution in [2.75, 3.05) is 18.5 Å². The molecule has 178 valence electrons. The molecule has 1 aliphatic rings. The Morgan fingerprint density at radius 1 is 1.11 bits per heavy atom. The van der Waals surface area contributed by atoms with E-state index in [0.717, 1.165) is 22.0 Å². The highest BCUT2D eigenvalue weighted by molar-refractivity contribution is 6.02. The molecule has 2 aromatic carbocycles. The second-order valence-electron chi connectivity index (χ2n) is 8.16. The Labute approximate surface area is 201 Å². The van der Waals surface area contributed by atoms with Crippen molar-refractivity contribution in [3.05, 3.63) is 71.4 Å². The van der Waals surface area contributed by atoms with Crippen LogP contribution in [0.25, 0.3) is 16.7 Å². The zero-order chi connectivity index (χ0) is 24.5. The summed E-state index contributed by atoms with van der Waals surface area (Å²) in [5, 5.41) is 8.18. The third kappa shape index (κ3) is 4.16. The standard InChI is InChI=1S/C26H24N4O5/c1-4-33-26(32)18-13-27-30(22-12-16(3)17-9-7-8-15(2)23(17)28-22)24(18)29-25(31)21-14-34-19-10-5-6-11-20(19)35-21/h5-13,21H,4,14H2,1-3H3,(H,29,31). The van der Waals surface area contributed by atoms with E-state index in [1.54, 1.807) is 25.1 Å². The Bertz CT molecular complexity index is 1450. The van der Waals surface area contributed by atoms with Gasteiger partial charge in [-0.2, -0.15) is 9.78 Å². The topological polar surface area (TPSA) is 105 Å². The summed E-state index contributed by atoms with van der Waals surface area (Å²) in [5.41, 5.74) is 2.91. The average molecular weight is 473 g/mol. The lowest BCUT2D eigenvalue weighted by molar-refractivity contribution is -0.125. The normalized spacial score (nSPS) is 14.5. The van der Waals surface area contributed by atoms with Crippen LogP contribution in [0, 0.1) is 13.8 Å². The minimum absolute atomic E-state index is 0.0260. The van der Waals surface area contributed by atoms with Crippen molar-refractivity contribution in [1.29, 1.82) is 0 Å². The maximum absolute atomic E-state index is 13.2. The zero-order valence-corrected chi connectivity index (χ0v) is 19.6. The minimum atomic E-state index is -0.920. The number of esters is 1. The van der Waals surface area contributed by atoms with Crippen molar-refractivity contribution < 1.29 is 23.8 Å². The molecule has 1 N–H and O–H groups in total. The highest BCUT2D eigenvalue weighted by Gasteiger charge is 2.30. The van der Waals surface area contributed by atoms with Gasteiger partial charge in [0.2, 0.25) is 6.10 Å². The highest BCUT2D eigenvalue weighted by Crippen LogP contribution is 2.32. The number of para-hydroxylation sites is 3. The Morgan fingerprint density at radius 3 is 2.71 bits per heavy atom. The number of amides is 1. The van der Waals surface area contributed by atoms with Gasteiger partial charge >= 0.3 is 5.97 Å². The smallest absolute Gasteiger partial charge is 0.343 e. The Morgan fingerprint density at radius 2 is 1.91 bits per heavy atom. The average Bonchev–Trinajstić information content (AvgIpc) is 3.28. The van der Waals surface area contributed by atoms with E-state index in [2.05, 4.69) is 10.4 Å². The van der Waals surface area contributed by atoms with Gasteiger partial charge in [0, 0.05) is 5.39 Å². The number of rotatable bonds is 5. The van der Waals surface area contributed by atoms with Crippen LogP contribution in [0.15, 0.2) is 54.7 Å². The first-order valence-corrected chi connectivity index (χ1v) is 11.3. The number of fused-ring (bicyclic) bond motifs is 2. The number of carbonyl (C=O) groups is 2. The Kier molecular flexibility index (Phi) is 5.82. The first-order chi connectivity index (χ1) is 17.0. The summed E-state index contributed by atoms with van der Waals surface area (Å²) in [4.78, 5) is 30.6. The van der Waals surface area contributed by atoms with Crippen molar-refractivity contribution in [3.63, 3.8) is 0 Å². The lowest BCUT2D eigenvalue weighted by atomic mass is 10.1. The number of nitrogens with zero attached hydrogens (tertiary/aromatic N) is 3. The van der Waals surface area contributed by atoms with Crippen LogP contribution in [0.4, 0.5) is 5.82 Å². The second kappa shape index (κ2) is 9.09. The zero-order valence-electron chi connectivity index (χ0n) is 19.6. The number of hydrogen-bond donors (Lipinski definition) is 1. The van der Waals surface area contributed by atoms with Crippen molar-refractivity contribution in [3.8, 4) is 17.3 Å². The molecule has 1 aliphatic heterocycles. The summed E-state index contributed by atoms with van der Waals surface area (Å²) < 4.78 is 18.1. The van der Waals surface area contributed by atoms with Crippen LogP contribution in [0.2, 0.25) is 0 Å². The van der Waals surface area contributed by atoms with E-state index in [1.165, 1.54) is 10.9 Å². The van der Waals surface area contributed by atoms with Gasteiger partial charge in [-0.3, -0.25) is 4.79 Å². The lowest BCUT2D eigenvalue weighted by Crippen LogP contribution is -2.40. The number of aromatic nitrogens is 3. The molecule has 1 atom stereocenters. The first kappa shape index (κ1) is 22.4. The number of hydrogen-bond acceptors (Lipinski definition) is 7. The Hall–Kier alpha value is -4.40. The maximum Gasteiger partial charge on any atom is 0.343 e. The fourth-order valence-corrected chi connectivity index (χ4v) is 4.00. The fraction of sp³-hybridized carbons (Fsp3) is 0.231. The monoisotopic (exact) mass is 472 g/mol. The summed E-state index contributed by atoms with van der Waals surface area (Å²) in [6.07, 6.45) is 0.442. The molecule has 0 fully saturated rings. The van der Waals surface area contributed by atoms with Crippen LogP contribution in [0.3, 0.4) is 0 Å². The minimum Gasteiger partial charge on any atom is -0.485 e. The van der Waals surface area contributed by atoms with Crippen LogP contribution in [0.1, 0.15) is 28.4 Å². The van der Waals surface area contributed by atoms with E-state index >= 15 is 0 Å². The van der Waals surface area contributed by atoms with Crippen LogP contribution < -0.4 is 14.8 Å². The molecule has 35 heavy (non-hydrogen) atoms. The van der Waals surface area contributed by atoms with Crippen molar-refractivity contribution in [2.45, 2.75) is 26.9 Å². The van der Waals surface area contributed by atoms with Gasteiger partial charge in [-0.05, 0) is 50.1 Å². The van der Waals surface area contributed by atoms with Crippen molar-refractivity contribution in [2.24, 2.45) is 0 Å². The molecule has 0 bridgehead atoms. The molecule has 1 amide bonds. The molecule has 0 saturated carbocycles. The van der Waals surface area contributed by atoms with E-state index in [0.29, 0.717) is 17.3 Å². The van der Waals surface area contributed by atoms with E-state index < -0.39 is 18.0 Å². The largest absolute Gasteiger partial charge is 0.485 e. The van der Waals surface area contributed by atoms with E-state index in [1.807, 2.05) is 44.2 Å². The molecule has 2 aromatic heterocycles. The van der Waals surface area contributed by atoms with Crippen LogP contribution in [-0.4, -0.2) is 46.0 Å². The summed E-state index contributed by atoms with van der Waals surface area (Å²) >= 11 is 0. The highest BCUT2D eigenvalue weighted by atomic mass is 16.6. The van der Waals surface area contributed by atoms with Gasteiger partial charge in [0.25, 0.3) is 5.91 Å². The van der Waals surface area contributed by atoms with Gasteiger partial charge in [0.05, 0.1) is 18.3 Å². The number of ether oxygens (including phenoxy) is 3. The van der Waals surface area contributed by atoms with Crippen LogP contribution in [-0.2, 0) is 9.53 Å². The SMILES string of the molecule is CCOC(=O)c1cnn(-c2cc(C)c3cccc(C)c3n2)c1NC(=O)C1COc2ccccc2O1. The predicted molar refractivity (Wildman–Crippen MR) is 129 cm³/mol. The number of nitrogens with one attached hydrogen (secondary N) is 1. The number of anilines is 1. The predicted octanol–water partition coefficient (Wildman–Crippen LogP) is 3.99. The molecule has 9 heteroatoms. The number of aryl methyl sites for hydroxylation is 2. The van der Waals surface area contributed by atoms with Crippen LogP contribution in [0.5, 0.6) is 11.5 Å². The molecular weight excluding hydrogens is 448 g/mol.